The number of halogens is 5. The molecule has 0 unspecified atom stereocenters. The molecule has 10 heteroatoms. The van der Waals surface area contributed by atoms with Crippen LogP contribution in [0.5, 0.6) is 5.75 Å². The van der Waals surface area contributed by atoms with Crippen LogP contribution in [-0.4, -0.2) is 4.98 Å². The highest BCUT2D eigenvalue weighted by molar-refractivity contribution is 7.13. The van der Waals surface area contributed by atoms with Crippen LogP contribution in [0.1, 0.15) is 11.3 Å². The summed E-state index contributed by atoms with van der Waals surface area (Å²) < 4.78 is 78.4. The Hall–Kier alpha value is -3.27. The van der Waals surface area contributed by atoms with Gasteiger partial charge in [0.25, 0.3) is 0 Å². The Morgan fingerprint density at radius 2 is 1.83 bits per heavy atom. The molecule has 0 spiro atoms. The van der Waals surface area contributed by atoms with Crippen molar-refractivity contribution in [2.75, 3.05) is 0 Å². The Kier molecular flexibility index (Phi) is 4.81. The number of aromatic nitrogens is 1. The van der Waals surface area contributed by atoms with Crippen molar-refractivity contribution in [3.8, 4) is 16.3 Å². The van der Waals surface area contributed by atoms with Gasteiger partial charge in [-0.05, 0) is 37.3 Å². The van der Waals surface area contributed by atoms with Crippen LogP contribution in [0.2, 0.25) is 0 Å². The second-order valence-electron chi connectivity index (χ2n) is 6.28. The van der Waals surface area contributed by atoms with E-state index in [1.165, 1.54) is 23.5 Å². The Bertz CT molecular complexity index is 1330. The van der Waals surface area contributed by atoms with E-state index in [4.69, 9.17) is 4.42 Å². The zero-order valence-corrected chi connectivity index (χ0v) is 15.8. The average Bonchev–Trinajstić information content (AvgIpc) is 3.11. The fraction of sp³-hybridized carbons (Fsp3) is 0.100. The normalized spacial score (nSPS) is 11.8. The largest absolute Gasteiger partial charge is 0.429 e. The van der Waals surface area contributed by atoms with E-state index >= 15 is 0 Å². The zero-order valence-electron chi connectivity index (χ0n) is 15.0. The molecule has 2 aromatic heterocycles. The second kappa shape index (κ2) is 7.21. The predicted octanol–water partition coefficient (Wildman–Crippen LogP) is 5.77. The lowest BCUT2D eigenvalue weighted by atomic mass is 10.1. The van der Waals surface area contributed by atoms with E-state index in [0.717, 1.165) is 17.8 Å². The molecule has 0 bridgehead atoms. The molecule has 0 amide bonds. The first-order valence-corrected chi connectivity index (χ1v) is 9.25. The lowest BCUT2D eigenvalue weighted by molar-refractivity contribution is -0.187. The molecule has 30 heavy (non-hydrogen) atoms. The zero-order chi connectivity index (χ0) is 21.6. The van der Waals surface area contributed by atoms with E-state index in [2.05, 4.69) is 9.72 Å². The van der Waals surface area contributed by atoms with Gasteiger partial charge in [0.05, 0.1) is 5.56 Å². The lowest BCUT2D eigenvalue weighted by Gasteiger charge is -2.19. The van der Waals surface area contributed by atoms with Crippen LogP contribution in [0.4, 0.5) is 22.0 Å². The molecule has 0 aliphatic carbocycles. The van der Waals surface area contributed by atoms with Gasteiger partial charge in [-0.15, -0.1) is 11.3 Å². The molecular weight excluding hydrogens is 429 g/mol. The van der Waals surface area contributed by atoms with Crippen LogP contribution < -0.4 is 10.4 Å². The van der Waals surface area contributed by atoms with Crippen LogP contribution in [0.25, 0.3) is 21.5 Å². The molecule has 0 radical (unpaired) electrons. The smallest absolute Gasteiger partial charge is 0.429 e. The van der Waals surface area contributed by atoms with Crippen LogP contribution in [-0.2, 0) is 6.11 Å². The van der Waals surface area contributed by atoms with Crippen molar-refractivity contribution in [2.45, 2.75) is 13.0 Å². The van der Waals surface area contributed by atoms with Gasteiger partial charge in [-0.2, -0.15) is 8.78 Å². The van der Waals surface area contributed by atoms with Crippen LogP contribution in [0, 0.1) is 24.4 Å². The second-order valence-corrected chi connectivity index (χ2v) is 7.14. The van der Waals surface area contributed by atoms with Gasteiger partial charge in [0.1, 0.15) is 21.9 Å². The number of alkyl halides is 2. The summed E-state index contributed by atoms with van der Waals surface area (Å²) in [6.45, 7) is 1.77. The summed E-state index contributed by atoms with van der Waals surface area (Å²) in [5.41, 5.74) is -1.32. The third kappa shape index (κ3) is 3.54. The molecule has 2 heterocycles. The molecule has 4 nitrogen and oxygen atoms in total. The lowest BCUT2D eigenvalue weighted by Crippen LogP contribution is -2.24. The maximum Gasteiger partial charge on any atom is 0.429 e. The number of nitrogens with zero attached hydrogens (tertiary/aromatic N) is 1. The number of rotatable bonds is 4. The highest BCUT2D eigenvalue weighted by Gasteiger charge is 2.39. The van der Waals surface area contributed by atoms with Crippen molar-refractivity contribution in [1.29, 1.82) is 0 Å². The summed E-state index contributed by atoms with van der Waals surface area (Å²) in [4.78, 5) is 16.5. The molecule has 0 fully saturated rings. The highest BCUT2D eigenvalue weighted by atomic mass is 32.1. The summed E-state index contributed by atoms with van der Waals surface area (Å²) in [6, 6.07) is 5.76. The molecule has 4 aromatic rings. The van der Waals surface area contributed by atoms with Gasteiger partial charge in [-0.3, -0.25) is 0 Å². The maximum atomic E-state index is 14.3. The minimum absolute atomic E-state index is 0.0592. The number of benzene rings is 2. The predicted molar refractivity (Wildman–Crippen MR) is 99.2 cm³/mol. The maximum absolute atomic E-state index is 14.3. The van der Waals surface area contributed by atoms with E-state index in [1.807, 2.05) is 0 Å². The highest BCUT2D eigenvalue weighted by Crippen LogP contribution is 2.35. The molecule has 0 saturated heterocycles. The van der Waals surface area contributed by atoms with Crippen molar-refractivity contribution in [2.24, 2.45) is 0 Å². The van der Waals surface area contributed by atoms with Crippen molar-refractivity contribution < 1.29 is 31.1 Å². The van der Waals surface area contributed by atoms with Crippen molar-refractivity contribution in [1.82, 2.24) is 4.98 Å². The summed E-state index contributed by atoms with van der Waals surface area (Å²) in [5, 5.41) is 2.62. The van der Waals surface area contributed by atoms with Gasteiger partial charge in [0, 0.05) is 22.5 Å². The van der Waals surface area contributed by atoms with E-state index < -0.39 is 40.5 Å². The topological polar surface area (TPSA) is 52.3 Å². The quantitative estimate of drug-likeness (QED) is 0.230. The summed E-state index contributed by atoms with van der Waals surface area (Å²) in [5.74, 6) is -6.18. The van der Waals surface area contributed by atoms with E-state index in [-0.39, 0.29) is 11.1 Å². The van der Waals surface area contributed by atoms with Gasteiger partial charge in [0.15, 0.2) is 17.5 Å². The van der Waals surface area contributed by atoms with Gasteiger partial charge in [0.2, 0.25) is 0 Å². The number of hydrogen-bond donors (Lipinski definition) is 0. The first-order valence-electron chi connectivity index (χ1n) is 8.37. The Morgan fingerprint density at radius 1 is 1.07 bits per heavy atom. The van der Waals surface area contributed by atoms with Crippen LogP contribution in [0.15, 0.2) is 51.0 Å². The fourth-order valence-electron chi connectivity index (χ4n) is 2.74. The average molecular weight is 439 g/mol. The Labute approximate surface area is 169 Å². The first kappa shape index (κ1) is 20.0. The fourth-order valence-corrected chi connectivity index (χ4v) is 3.54. The number of hydrogen-bond acceptors (Lipinski definition) is 5. The Balaban J connectivity index is 1.70. The molecule has 2 aromatic carbocycles. The van der Waals surface area contributed by atoms with Crippen molar-refractivity contribution >= 4 is 22.3 Å². The Morgan fingerprint density at radius 3 is 2.53 bits per heavy atom. The third-order valence-corrected chi connectivity index (χ3v) is 5.15. The van der Waals surface area contributed by atoms with Crippen LogP contribution >= 0.6 is 11.3 Å². The van der Waals surface area contributed by atoms with E-state index in [9.17, 15) is 26.7 Å². The van der Waals surface area contributed by atoms with E-state index in [0.29, 0.717) is 22.5 Å². The summed E-state index contributed by atoms with van der Waals surface area (Å²) >= 11 is 1.25. The van der Waals surface area contributed by atoms with Gasteiger partial charge in [-0.25, -0.2) is 22.9 Å². The summed E-state index contributed by atoms with van der Waals surface area (Å²) in [7, 11) is 0. The number of thiazole rings is 1. The number of aryl methyl sites for hydroxylation is 1. The van der Waals surface area contributed by atoms with Gasteiger partial charge < -0.3 is 9.15 Å². The standard InChI is InChI=1S/C20H10F5NO3S/c1-9-8-30-18(26-9)12-6-10-2-3-11(7-15(10)28-19(12)27)29-20(24,25)13-4-5-14(21)17(23)16(13)22/h2-8H,1H3. The van der Waals surface area contributed by atoms with Crippen molar-refractivity contribution in [3.63, 3.8) is 0 Å². The molecule has 0 saturated carbocycles. The summed E-state index contributed by atoms with van der Waals surface area (Å²) in [6.07, 6.45) is -4.31. The van der Waals surface area contributed by atoms with Gasteiger partial charge >= 0.3 is 11.7 Å². The molecule has 154 valence electrons. The minimum Gasteiger partial charge on any atom is -0.429 e. The molecule has 0 aliphatic rings. The molecule has 0 N–H and O–H groups in total. The number of fused-ring (bicyclic) bond motifs is 1. The minimum atomic E-state index is -4.31. The SMILES string of the molecule is Cc1csc(-c2cc3ccc(OC(F)(F)c4ccc(F)c(F)c4F)cc3oc2=O)n1. The molecule has 0 atom stereocenters. The van der Waals surface area contributed by atoms with Crippen LogP contribution in [0.3, 0.4) is 0 Å². The third-order valence-electron chi connectivity index (χ3n) is 4.15. The molecule has 0 aliphatic heterocycles. The van der Waals surface area contributed by atoms with Gasteiger partial charge in [-0.1, -0.05) is 0 Å². The molecular formula is C20H10F5NO3S. The number of ether oxygens (including phenoxy) is 1. The molecule has 4 rings (SSSR count). The monoisotopic (exact) mass is 439 g/mol. The van der Waals surface area contributed by atoms with E-state index in [1.54, 1.807) is 12.3 Å². The first-order chi connectivity index (χ1) is 14.2. The van der Waals surface area contributed by atoms with Crippen molar-refractivity contribution in [3.05, 3.63) is 80.9 Å².